The standard InChI is InChI=1S/C12H22/c1-2-12(9-5-6-10-12)11-7-3-4-8-11/h11H,2-10H2,1H3. The van der Waals surface area contributed by atoms with Gasteiger partial charge in [0.1, 0.15) is 0 Å². The van der Waals surface area contributed by atoms with Crippen LogP contribution in [0.5, 0.6) is 0 Å². The highest BCUT2D eigenvalue weighted by Crippen LogP contribution is 2.52. The molecule has 2 rings (SSSR count). The highest BCUT2D eigenvalue weighted by Gasteiger charge is 2.40. The van der Waals surface area contributed by atoms with Gasteiger partial charge in [-0.2, -0.15) is 0 Å². The Morgan fingerprint density at radius 3 is 2.08 bits per heavy atom. The van der Waals surface area contributed by atoms with Crippen molar-refractivity contribution in [2.24, 2.45) is 11.3 Å². The molecule has 0 unspecified atom stereocenters. The molecule has 12 heavy (non-hydrogen) atoms. The molecule has 2 aliphatic carbocycles. The van der Waals surface area contributed by atoms with Crippen LogP contribution in [-0.4, -0.2) is 0 Å². The van der Waals surface area contributed by atoms with E-state index in [1.54, 1.807) is 25.7 Å². The van der Waals surface area contributed by atoms with Gasteiger partial charge in [0.05, 0.1) is 0 Å². The molecule has 0 nitrogen and oxygen atoms in total. The third kappa shape index (κ3) is 1.30. The summed E-state index contributed by atoms with van der Waals surface area (Å²) in [7, 11) is 0. The number of hydrogen-bond donors (Lipinski definition) is 0. The Labute approximate surface area is 76.7 Å². The van der Waals surface area contributed by atoms with Crippen LogP contribution in [-0.2, 0) is 0 Å². The molecular weight excluding hydrogens is 144 g/mol. The lowest BCUT2D eigenvalue weighted by molar-refractivity contribution is 0.161. The minimum atomic E-state index is 0.816. The first-order valence-electron chi connectivity index (χ1n) is 5.87. The molecule has 70 valence electrons. The summed E-state index contributed by atoms with van der Waals surface area (Å²) >= 11 is 0. The van der Waals surface area contributed by atoms with Gasteiger partial charge in [0.2, 0.25) is 0 Å². The second kappa shape index (κ2) is 3.40. The molecule has 2 saturated carbocycles. The molecule has 0 bridgehead atoms. The zero-order valence-electron chi connectivity index (χ0n) is 8.44. The van der Waals surface area contributed by atoms with Crippen LogP contribution in [0.4, 0.5) is 0 Å². The molecule has 0 aromatic heterocycles. The fraction of sp³-hybridized carbons (Fsp3) is 1.00. The Hall–Kier alpha value is 0. The van der Waals surface area contributed by atoms with Gasteiger partial charge < -0.3 is 0 Å². The predicted octanol–water partition coefficient (Wildman–Crippen LogP) is 4.15. The van der Waals surface area contributed by atoms with Crippen LogP contribution in [0.15, 0.2) is 0 Å². The Morgan fingerprint density at radius 2 is 1.58 bits per heavy atom. The Balaban J connectivity index is 2.04. The van der Waals surface area contributed by atoms with Gasteiger partial charge in [0, 0.05) is 0 Å². The van der Waals surface area contributed by atoms with Crippen LogP contribution in [0.1, 0.15) is 64.7 Å². The smallest absolute Gasteiger partial charge is 0.0272 e. The summed E-state index contributed by atoms with van der Waals surface area (Å²) < 4.78 is 0. The van der Waals surface area contributed by atoms with Crippen LogP contribution < -0.4 is 0 Å². The number of rotatable bonds is 2. The van der Waals surface area contributed by atoms with E-state index in [0.717, 1.165) is 11.3 Å². The maximum Gasteiger partial charge on any atom is -0.0272 e. The number of hydrogen-bond acceptors (Lipinski definition) is 0. The molecule has 0 N–H and O–H groups in total. The summed E-state index contributed by atoms with van der Waals surface area (Å²) in [6.07, 6.45) is 13.7. The topological polar surface area (TPSA) is 0 Å². The van der Waals surface area contributed by atoms with E-state index in [-0.39, 0.29) is 0 Å². The normalized spacial score (nSPS) is 29.8. The summed E-state index contributed by atoms with van der Waals surface area (Å²) in [6.45, 7) is 2.42. The largest absolute Gasteiger partial charge is 0.0648 e. The molecule has 0 heteroatoms. The van der Waals surface area contributed by atoms with Gasteiger partial charge in [-0.25, -0.2) is 0 Å². The van der Waals surface area contributed by atoms with Crippen molar-refractivity contribution in [3.8, 4) is 0 Å². The second-order valence-electron chi connectivity index (χ2n) is 4.90. The Kier molecular flexibility index (Phi) is 2.43. The third-order valence-electron chi connectivity index (χ3n) is 4.52. The second-order valence-corrected chi connectivity index (χ2v) is 4.90. The summed E-state index contributed by atoms with van der Waals surface area (Å²) in [4.78, 5) is 0. The van der Waals surface area contributed by atoms with Gasteiger partial charge >= 0.3 is 0 Å². The molecule has 0 amide bonds. The highest BCUT2D eigenvalue weighted by molar-refractivity contribution is 4.91. The van der Waals surface area contributed by atoms with E-state index in [4.69, 9.17) is 0 Å². The minimum Gasteiger partial charge on any atom is -0.0648 e. The van der Waals surface area contributed by atoms with Crippen LogP contribution in [0.3, 0.4) is 0 Å². The van der Waals surface area contributed by atoms with Crippen LogP contribution in [0.25, 0.3) is 0 Å². The first-order chi connectivity index (χ1) is 5.87. The molecule has 0 spiro atoms. The molecular formula is C12H22. The minimum absolute atomic E-state index is 0.816. The lowest BCUT2D eigenvalue weighted by Crippen LogP contribution is -2.24. The van der Waals surface area contributed by atoms with E-state index in [2.05, 4.69) is 6.92 Å². The SMILES string of the molecule is CCC1(C2CCCC2)CCCC1. The van der Waals surface area contributed by atoms with Crippen LogP contribution >= 0.6 is 0 Å². The maximum atomic E-state index is 2.42. The average molecular weight is 166 g/mol. The van der Waals surface area contributed by atoms with Crippen molar-refractivity contribution in [2.75, 3.05) is 0 Å². The van der Waals surface area contributed by atoms with Gasteiger partial charge in [-0.1, -0.05) is 39.0 Å². The molecule has 0 radical (unpaired) electrons. The molecule has 0 saturated heterocycles. The predicted molar refractivity (Wildman–Crippen MR) is 53.2 cm³/mol. The van der Waals surface area contributed by atoms with Crippen molar-refractivity contribution in [2.45, 2.75) is 64.7 Å². The van der Waals surface area contributed by atoms with E-state index < -0.39 is 0 Å². The molecule has 0 aromatic rings. The van der Waals surface area contributed by atoms with Crippen LogP contribution in [0.2, 0.25) is 0 Å². The van der Waals surface area contributed by atoms with Crippen molar-refractivity contribution in [3.05, 3.63) is 0 Å². The van der Waals surface area contributed by atoms with Gasteiger partial charge in [-0.3, -0.25) is 0 Å². The lowest BCUT2D eigenvalue weighted by Gasteiger charge is -2.34. The summed E-state index contributed by atoms with van der Waals surface area (Å²) in [6, 6.07) is 0. The average Bonchev–Trinajstić information content (AvgIpc) is 2.76. The first-order valence-corrected chi connectivity index (χ1v) is 5.87. The first kappa shape index (κ1) is 8.59. The van der Waals surface area contributed by atoms with E-state index in [1.807, 2.05) is 0 Å². The maximum absolute atomic E-state index is 2.42. The van der Waals surface area contributed by atoms with Gasteiger partial charge in [-0.05, 0) is 37.0 Å². The monoisotopic (exact) mass is 166 g/mol. The fourth-order valence-electron chi connectivity index (χ4n) is 3.67. The van der Waals surface area contributed by atoms with E-state index in [0.29, 0.717) is 0 Å². The highest BCUT2D eigenvalue weighted by atomic mass is 14.4. The zero-order valence-corrected chi connectivity index (χ0v) is 8.44. The van der Waals surface area contributed by atoms with Crippen LogP contribution in [0, 0.1) is 11.3 Å². The van der Waals surface area contributed by atoms with E-state index in [9.17, 15) is 0 Å². The summed E-state index contributed by atoms with van der Waals surface area (Å²) in [5, 5.41) is 0. The quantitative estimate of drug-likeness (QED) is 0.578. The molecule has 2 aliphatic rings. The molecule has 0 atom stereocenters. The fourth-order valence-corrected chi connectivity index (χ4v) is 3.67. The van der Waals surface area contributed by atoms with Crippen molar-refractivity contribution < 1.29 is 0 Å². The summed E-state index contributed by atoms with van der Waals surface area (Å²) in [5.41, 5.74) is 0.816. The Morgan fingerprint density at radius 1 is 1.00 bits per heavy atom. The van der Waals surface area contributed by atoms with Gasteiger partial charge in [-0.15, -0.1) is 0 Å². The van der Waals surface area contributed by atoms with Crippen molar-refractivity contribution >= 4 is 0 Å². The molecule has 0 aliphatic heterocycles. The zero-order chi connectivity index (χ0) is 8.44. The van der Waals surface area contributed by atoms with E-state index >= 15 is 0 Å². The summed E-state index contributed by atoms with van der Waals surface area (Å²) in [5.74, 6) is 1.12. The van der Waals surface area contributed by atoms with Gasteiger partial charge in [0.25, 0.3) is 0 Å². The lowest BCUT2D eigenvalue weighted by atomic mass is 9.71. The van der Waals surface area contributed by atoms with Crippen molar-refractivity contribution in [1.29, 1.82) is 0 Å². The Bertz CT molecular complexity index is 136. The molecule has 0 heterocycles. The molecule has 0 aromatic carbocycles. The van der Waals surface area contributed by atoms with E-state index in [1.165, 1.54) is 32.1 Å². The van der Waals surface area contributed by atoms with Gasteiger partial charge in [0.15, 0.2) is 0 Å². The molecule has 2 fully saturated rings. The van der Waals surface area contributed by atoms with Crippen molar-refractivity contribution in [1.82, 2.24) is 0 Å². The van der Waals surface area contributed by atoms with Crippen molar-refractivity contribution in [3.63, 3.8) is 0 Å². The third-order valence-corrected chi connectivity index (χ3v) is 4.52.